The van der Waals surface area contributed by atoms with Crippen LogP contribution in [0.15, 0.2) is 18.2 Å². The van der Waals surface area contributed by atoms with Crippen molar-refractivity contribution in [3.05, 3.63) is 29.3 Å². The number of aryl methyl sites for hydroxylation is 1. The van der Waals surface area contributed by atoms with Crippen molar-refractivity contribution in [1.29, 1.82) is 0 Å². The van der Waals surface area contributed by atoms with E-state index in [0.29, 0.717) is 11.6 Å². The van der Waals surface area contributed by atoms with Gasteiger partial charge in [0.2, 0.25) is 0 Å². The maximum atomic E-state index is 12.2. The molecule has 2 rings (SSSR count). The summed E-state index contributed by atoms with van der Waals surface area (Å²) < 4.78 is 36.7. The molecule has 1 aromatic rings. The van der Waals surface area contributed by atoms with Crippen LogP contribution in [0.1, 0.15) is 24.5 Å². The smallest absolute Gasteiger partial charge is 0.382 e. The highest BCUT2D eigenvalue weighted by Crippen LogP contribution is 2.28. The molecule has 0 bridgehead atoms. The Morgan fingerprint density at radius 2 is 2.12 bits per heavy atom. The molecule has 1 atom stereocenters. The summed E-state index contributed by atoms with van der Waals surface area (Å²) in [5, 5.41) is 3.27. The van der Waals surface area contributed by atoms with Crippen molar-refractivity contribution in [2.24, 2.45) is 0 Å². The molecule has 4 heteroatoms. The molecule has 1 aromatic carbocycles. The molecular weight excluding hydrogens is 215 g/mol. The summed E-state index contributed by atoms with van der Waals surface area (Å²) in [6.07, 6.45) is -3.13. The summed E-state index contributed by atoms with van der Waals surface area (Å²) >= 11 is 0. The van der Waals surface area contributed by atoms with Crippen molar-refractivity contribution in [2.45, 2.75) is 38.4 Å². The second-order valence-corrected chi connectivity index (χ2v) is 4.37. The van der Waals surface area contributed by atoms with E-state index >= 15 is 0 Å². The maximum Gasteiger partial charge on any atom is 0.393 e. The standard InChI is InChI=1S/C12H14F3N/c1-8-2-4-10-6-9(7-12(13,14)15)3-5-11(10)16-8/h3,5-6,8,16H,2,4,7H2,1H3. The van der Waals surface area contributed by atoms with Crippen LogP contribution in [0.2, 0.25) is 0 Å². The highest BCUT2D eigenvalue weighted by Gasteiger charge is 2.28. The van der Waals surface area contributed by atoms with E-state index in [1.54, 1.807) is 18.2 Å². The van der Waals surface area contributed by atoms with Gasteiger partial charge in [-0.1, -0.05) is 12.1 Å². The Hall–Kier alpha value is -1.19. The van der Waals surface area contributed by atoms with Crippen LogP contribution in [0, 0.1) is 0 Å². The van der Waals surface area contributed by atoms with Gasteiger partial charge in [0.25, 0.3) is 0 Å². The third kappa shape index (κ3) is 2.68. The topological polar surface area (TPSA) is 12.0 Å². The molecule has 0 radical (unpaired) electrons. The van der Waals surface area contributed by atoms with Crippen LogP contribution in [-0.4, -0.2) is 12.2 Å². The van der Waals surface area contributed by atoms with E-state index in [1.807, 2.05) is 0 Å². The first kappa shape index (κ1) is 11.3. The van der Waals surface area contributed by atoms with E-state index in [2.05, 4.69) is 12.2 Å². The van der Waals surface area contributed by atoms with E-state index in [4.69, 9.17) is 0 Å². The Morgan fingerprint density at radius 3 is 2.81 bits per heavy atom. The van der Waals surface area contributed by atoms with E-state index < -0.39 is 12.6 Å². The lowest BCUT2D eigenvalue weighted by Crippen LogP contribution is -2.22. The van der Waals surface area contributed by atoms with E-state index in [9.17, 15) is 13.2 Å². The van der Waals surface area contributed by atoms with Crippen molar-refractivity contribution in [3.8, 4) is 0 Å². The molecule has 88 valence electrons. The summed E-state index contributed by atoms with van der Waals surface area (Å²) in [5.74, 6) is 0. The fourth-order valence-electron chi connectivity index (χ4n) is 2.05. The Kier molecular flexibility index (Phi) is 2.82. The van der Waals surface area contributed by atoms with Gasteiger partial charge in [0.15, 0.2) is 0 Å². The highest BCUT2D eigenvalue weighted by molar-refractivity contribution is 5.55. The average Bonchev–Trinajstić information content (AvgIpc) is 2.16. The van der Waals surface area contributed by atoms with E-state index in [-0.39, 0.29) is 0 Å². The Balaban J connectivity index is 2.20. The van der Waals surface area contributed by atoms with Crippen molar-refractivity contribution < 1.29 is 13.2 Å². The first-order valence-electron chi connectivity index (χ1n) is 5.39. The van der Waals surface area contributed by atoms with Crippen molar-refractivity contribution in [3.63, 3.8) is 0 Å². The minimum Gasteiger partial charge on any atom is -0.382 e. The molecule has 0 amide bonds. The summed E-state index contributed by atoms with van der Waals surface area (Å²) in [6.45, 7) is 2.08. The van der Waals surface area contributed by atoms with Gasteiger partial charge in [0, 0.05) is 11.7 Å². The average molecular weight is 229 g/mol. The lowest BCUT2D eigenvalue weighted by molar-refractivity contribution is -0.127. The molecule has 1 unspecified atom stereocenters. The molecule has 0 fully saturated rings. The van der Waals surface area contributed by atoms with Crippen molar-refractivity contribution >= 4 is 5.69 Å². The van der Waals surface area contributed by atoms with Crippen LogP contribution >= 0.6 is 0 Å². The molecule has 0 saturated carbocycles. The number of halogens is 3. The molecule has 0 spiro atoms. The molecule has 1 heterocycles. The minimum atomic E-state index is -4.12. The van der Waals surface area contributed by atoms with Gasteiger partial charge in [0.05, 0.1) is 6.42 Å². The number of hydrogen-bond donors (Lipinski definition) is 1. The van der Waals surface area contributed by atoms with Gasteiger partial charge < -0.3 is 5.32 Å². The van der Waals surface area contributed by atoms with Crippen LogP contribution in [0.5, 0.6) is 0 Å². The maximum absolute atomic E-state index is 12.2. The van der Waals surface area contributed by atoms with Gasteiger partial charge in [-0.2, -0.15) is 13.2 Å². The molecule has 0 saturated heterocycles. The van der Waals surface area contributed by atoms with Gasteiger partial charge in [-0.3, -0.25) is 0 Å². The van der Waals surface area contributed by atoms with Gasteiger partial charge in [0.1, 0.15) is 0 Å². The van der Waals surface area contributed by atoms with E-state index in [0.717, 1.165) is 24.1 Å². The highest BCUT2D eigenvalue weighted by atomic mass is 19.4. The normalized spacial score (nSPS) is 20.1. The van der Waals surface area contributed by atoms with Gasteiger partial charge in [-0.15, -0.1) is 0 Å². The zero-order valence-electron chi connectivity index (χ0n) is 9.06. The zero-order valence-corrected chi connectivity index (χ0v) is 9.06. The first-order chi connectivity index (χ1) is 7.44. The SMILES string of the molecule is CC1CCc2cc(CC(F)(F)F)ccc2N1. The molecule has 1 aliphatic heterocycles. The number of fused-ring (bicyclic) bond motifs is 1. The fourth-order valence-corrected chi connectivity index (χ4v) is 2.05. The minimum absolute atomic E-state index is 0.350. The summed E-state index contributed by atoms with van der Waals surface area (Å²) in [5.41, 5.74) is 2.33. The molecule has 0 aliphatic carbocycles. The molecule has 1 N–H and O–H groups in total. The predicted octanol–water partition coefficient (Wildman–Crippen LogP) is 3.54. The fraction of sp³-hybridized carbons (Fsp3) is 0.500. The molecule has 1 aliphatic rings. The van der Waals surface area contributed by atoms with Gasteiger partial charge in [-0.25, -0.2) is 0 Å². The van der Waals surface area contributed by atoms with Crippen LogP contribution < -0.4 is 5.32 Å². The van der Waals surface area contributed by atoms with Crippen LogP contribution in [0.4, 0.5) is 18.9 Å². The third-order valence-corrected chi connectivity index (χ3v) is 2.82. The first-order valence-corrected chi connectivity index (χ1v) is 5.39. The monoisotopic (exact) mass is 229 g/mol. The molecule has 1 nitrogen and oxygen atoms in total. The zero-order chi connectivity index (χ0) is 11.8. The Bertz CT molecular complexity index is 384. The Labute approximate surface area is 92.7 Å². The number of hydrogen-bond acceptors (Lipinski definition) is 1. The number of anilines is 1. The third-order valence-electron chi connectivity index (χ3n) is 2.82. The predicted molar refractivity (Wildman–Crippen MR) is 57.6 cm³/mol. The lowest BCUT2D eigenvalue weighted by atomic mass is 9.96. The van der Waals surface area contributed by atoms with Crippen LogP contribution in [0.25, 0.3) is 0 Å². The number of nitrogens with one attached hydrogen (secondary N) is 1. The quantitative estimate of drug-likeness (QED) is 0.776. The number of benzene rings is 1. The molecule has 0 aromatic heterocycles. The van der Waals surface area contributed by atoms with E-state index in [1.165, 1.54) is 0 Å². The summed E-state index contributed by atoms with van der Waals surface area (Å²) in [4.78, 5) is 0. The Morgan fingerprint density at radius 1 is 1.38 bits per heavy atom. The summed E-state index contributed by atoms with van der Waals surface area (Å²) in [7, 11) is 0. The van der Waals surface area contributed by atoms with Gasteiger partial charge >= 0.3 is 6.18 Å². The van der Waals surface area contributed by atoms with Gasteiger partial charge in [-0.05, 0) is 37.0 Å². The van der Waals surface area contributed by atoms with Crippen molar-refractivity contribution in [2.75, 3.05) is 5.32 Å². The molecular formula is C12H14F3N. The molecule has 16 heavy (non-hydrogen) atoms. The lowest BCUT2D eigenvalue weighted by Gasteiger charge is -2.24. The second-order valence-electron chi connectivity index (χ2n) is 4.37. The number of alkyl halides is 3. The van der Waals surface area contributed by atoms with Crippen molar-refractivity contribution in [1.82, 2.24) is 0 Å². The second kappa shape index (κ2) is 4.00. The summed E-state index contributed by atoms with van der Waals surface area (Å²) in [6, 6.07) is 5.38. The van der Waals surface area contributed by atoms with Crippen LogP contribution in [-0.2, 0) is 12.8 Å². The number of rotatable bonds is 1. The largest absolute Gasteiger partial charge is 0.393 e. The van der Waals surface area contributed by atoms with Crippen LogP contribution in [0.3, 0.4) is 0 Å².